The zero-order valence-corrected chi connectivity index (χ0v) is 7.64. The number of rotatable bonds is 4. The van der Waals surface area contributed by atoms with Crippen LogP contribution in [0.3, 0.4) is 0 Å². The van der Waals surface area contributed by atoms with Gasteiger partial charge in [0.1, 0.15) is 5.60 Å². The summed E-state index contributed by atoms with van der Waals surface area (Å²) < 4.78 is 5.13. The van der Waals surface area contributed by atoms with Crippen molar-refractivity contribution in [1.29, 1.82) is 0 Å². The molecule has 0 bridgehead atoms. The lowest BCUT2D eigenvalue weighted by molar-refractivity contribution is -0.155. The molecule has 65 valence electrons. The second-order valence-corrected chi connectivity index (χ2v) is 3.04. The van der Waals surface area contributed by atoms with E-state index >= 15 is 0 Å². The third-order valence-corrected chi connectivity index (χ3v) is 1.70. The normalized spacial score (nSPS) is 15.6. The van der Waals surface area contributed by atoms with Crippen molar-refractivity contribution < 1.29 is 9.53 Å². The molecule has 1 atom stereocenters. The summed E-state index contributed by atoms with van der Waals surface area (Å²) in [5.74, 6) is -0.218. The summed E-state index contributed by atoms with van der Waals surface area (Å²) in [5.41, 5.74) is -0.347. The van der Waals surface area contributed by atoms with Crippen LogP contribution >= 0.6 is 0 Å². The molecule has 11 heavy (non-hydrogen) atoms. The lowest BCUT2D eigenvalue weighted by atomic mass is 9.97. The summed E-state index contributed by atoms with van der Waals surface area (Å²) in [4.78, 5) is 10.6. The first-order valence-corrected chi connectivity index (χ1v) is 4.03. The van der Waals surface area contributed by atoms with Crippen LogP contribution < -0.4 is 0 Å². The van der Waals surface area contributed by atoms with Crippen LogP contribution in [-0.4, -0.2) is 11.6 Å². The van der Waals surface area contributed by atoms with E-state index in [0.29, 0.717) is 6.42 Å². The van der Waals surface area contributed by atoms with Crippen LogP contribution in [0.1, 0.15) is 40.0 Å². The van der Waals surface area contributed by atoms with E-state index in [9.17, 15) is 4.79 Å². The van der Waals surface area contributed by atoms with E-state index in [0.717, 1.165) is 12.8 Å². The minimum absolute atomic E-state index is 0.218. The van der Waals surface area contributed by atoms with Gasteiger partial charge in [-0.1, -0.05) is 13.3 Å². The average molecular weight is 157 g/mol. The van der Waals surface area contributed by atoms with Crippen molar-refractivity contribution in [3.63, 3.8) is 0 Å². The Hall–Kier alpha value is -0.530. The largest absolute Gasteiger partial charge is 0.460 e. The summed E-state index contributed by atoms with van der Waals surface area (Å²) in [7, 11) is 0. The Balaban J connectivity index is 3.98. The molecule has 0 aromatic heterocycles. The Kier molecular flexibility index (Phi) is 4.16. The molecule has 0 amide bonds. The molecule has 0 aliphatic rings. The molecule has 0 rings (SSSR count). The molecule has 0 aliphatic carbocycles. The highest BCUT2D eigenvalue weighted by atomic mass is 16.6. The Morgan fingerprint density at radius 3 is 2.45 bits per heavy atom. The highest BCUT2D eigenvalue weighted by Crippen LogP contribution is 2.21. The molecule has 0 saturated carbocycles. The lowest BCUT2D eigenvalue weighted by Gasteiger charge is -2.27. The molecule has 1 unspecified atom stereocenters. The molecular weight excluding hydrogens is 140 g/mol. The third-order valence-electron chi connectivity index (χ3n) is 1.70. The Bertz CT molecular complexity index is 132. The summed E-state index contributed by atoms with van der Waals surface area (Å²) in [6.07, 6.45) is 2.54. The summed E-state index contributed by atoms with van der Waals surface area (Å²) in [6, 6.07) is 0. The quantitative estimate of drug-likeness (QED) is 0.585. The van der Waals surface area contributed by atoms with Crippen LogP contribution in [0.25, 0.3) is 0 Å². The van der Waals surface area contributed by atoms with Crippen molar-refractivity contribution in [1.82, 2.24) is 0 Å². The summed E-state index contributed by atoms with van der Waals surface area (Å²) >= 11 is 0. The number of hydrogen-bond donors (Lipinski definition) is 0. The third kappa shape index (κ3) is 4.02. The van der Waals surface area contributed by atoms with E-state index in [4.69, 9.17) is 4.74 Å². The smallest absolute Gasteiger partial charge is 0.303 e. The van der Waals surface area contributed by atoms with E-state index in [1.807, 2.05) is 6.92 Å². The predicted octanol–water partition coefficient (Wildman–Crippen LogP) is 2.33. The maximum absolute atomic E-state index is 10.6. The highest BCUT2D eigenvalue weighted by molar-refractivity contribution is 5.66. The fraction of sp³-hybridized carbons (Fsp3) is 0.778. The number of hydrogen-bond acceptors (Lipinski definition) is 2. The lowest BCUT2D eigenvalue weighted by Crippen LogP contribution is -2.29. The number of carbonyl (C=O) groups excluding carboxylic acids is 1. The van der Waals surface area contributed by atoms with Crippen LogP contribution in [0.2, 0.25) is 0 Å². The maximum Gasteiger partial charge on any atom is 0.303 e. The minimum Gasteiger partial charge on any atom is -0.460 e. The molecule has 0 fully saturated rings. The van der Waals surface area contributed by atoms with Crippen LogP contribution in [0.4, 0.5) is 0 Å². The number of ether oxygens (including phenoxy) is 1. The van der Waals surface area contributed by atoms with Gasteiger partial charge in [-0.05, 0) is 26.7 Å². The molecule has 2 heteroatoms. The highest BCUT2D eigenvalue weighted by Gasteiger charge is 2.23. The van der Waals surface area contributed by atoms with Gasteiger partial charge in [-0.25, -0.2) is 0 Å². The van der Waals surface area contributed by atoms with Gasteiger partial charge in [0, 0.05) is 6.92 Å². The van der Waals surface area contributed by atoms with Crippen molar-refractivity contribution in [2.75, 3.05) is 0 Å². The van der Waals surface area contributed by atoms with E-state index in [1.165, 1.54) is 6.92 Å². The van der Waals surface area contributed by atoms with Crippen LogP contribution in [0.5, 0.6) is 0 Å². The molecule has 0 saturated heterocycles. The molecule has 0 aromatic rings. The average Bonchev–Trinajstić information content (AvgIpc) is 1.87. The molecule has 0 aliphatic heterocycles. The predicted molar refractivity (Wildman–Crippen MR) is 45.1 cm³/mol. The molecule has 0 spiro atoms. The molecule has 1 radical (unpaired) electrons. The van der Waals surface area contributed by atoms with E-state index in [1.54, 1.807) is 0 Å². The molecule has 0 heterocycles. The standard InChI is InChI=1S/C9H17O2/c1-5-7-9(4,6-2)11-8(3)10/h2,5-7H2,1,3-4H3. The first kappa shape index (κ1) is 10.5. The SMILES string of the molecule is [CH2]CC(C)(CCC)OC(C)=O. The topological polar surface area (TPSA) is 26.3 Å². The van der Waals surface area contributed by atoms with E-state index in [2.05, 4.69) is 13.8 Å². The molecule has 0 aromatic carbocycles. The van der Waals surface area contributed by atoms with E-state index < -0.39 is 0 Å². The van der Waals surface area contributed by atoms with Gasteiger partial charge in [0.05, 0.1) is 0 Å². The fourth-order valence-corrected chi connectivity index (χ4v) is 1.10. The Morgan fingerprint density at radius 1 is 1.64 bits per heavy atom. The number of carbonyl (C=O) groups is 1. The molecule has 0 N–H and O–H groups in total. The minimum atomic E-state index is -0.347. The van der Waals surface area contributed by atoms with Gasteiger partial charge in [-0.15, -0.1) is 0 Å². The Morgan fingerprint density at radius 2 is 2.18 bits per heavy atom. The van der Waals surface area contributed by atoms with Crippen molar-refractivity contribution in [3.05, 3.63) is 6.92 Å². The summed E-state index contributed by atoms with van der Waals surface area (Å²) in [5, 5.41) is 0. The number of esters is 1. The monoisotopic (exact) mass is 157 g/mol. The van der Waals surface area contributed by atoms with Gasteiger partial charge in [0.2, 0.25) is 0 Å². The maximum atomic E-state index is 10.6. The molecule has 2 nitrogen and oxygen atoms in total. The fourth-order valence-electron chi connectivity index (χ4n) is 1.10. The van der Waals surface area contributed by atoms with Gasteiger partial charge in [-0.2, -0.15) is 0 Å². The van der Waals surface area contributed by atoms with Gasteiger partial charge in [0.15, 0.2) is 0 Å². The first-order chi connectivity index (χ1) is 5.04. The van der Waals surface area contributed by atoms with Crippen molar-refractivity contribution in [2.24, 2.45) is 0 Å². The van der Waals surface area contributed by atoms with Crippen molar-refractivity contribution in [3.8, 4) is 0 Å². The summed E-state index contributed by atoms with van der Waals surface area (Å²) in [6.45, 7) is 9.17. The van der Waals surface area contributed by atoms with Crippen LogP contribution in [0.15, 0.2) is 0 Å². The van der Waals surface area contributed by atoms with Crippen molar-refractivity contribution >= 4 is 5.97 Å². The van der Waals surface area contributed by atoms with Crippen LogP contribution in [-0.2, 0) is 9.53 Å². The second-order valence-electron chi connectivity index (χ2n) is 3.04. The van der Waals surface area contributed by atoms with Gasteiger partial charge < -0.3 is 4.74 Å². The van der Waals surface area contributed by atoms with Gasteiger partial charge >= 0.3 is 5.97 Å². The van der Waals surface area contributed by atoms with Crippen molar-refractivity contribution in [2.45, 2.75) is 45.6 Å². The van der Waals surface area contributed by atoms with E-state index in [-0.39, 0.29) is 11.6 Å². The van der Waals surface area contributed by atoms with Gasteiger partial charge in [0.25, 0.3) is 0 Å². The molecular formula is C9H17O2. The first-order valence-electron chi connectivity index (χ1n) is 4.03. The zero-order chi connectivity index (χ0) is 8.91. The van der Waals surface area contributed by atoms with Crippen LogP contribution in [0, 0.1) is 6.92 Å². The second kappa shape index (κ2) is 4.37. The Labute approximate surface area is 68.9 Å². The van der Waals surface area contributed by atoms with Gasteiger partial charge in [-0.3, -0.25) is 4.79 Å². The zero-order valence-electron chi connectivity index (χ0n) is 7.64.